The Bertz CT molecular complexity index is 253. The summed E-state index contributed by atoms with van der Waals surface area (Å²) in [4.78, 5) is 11.6. The van der Waals surface area contributed by atoms with Crippen molar-refractivity contribution in [3.63, 3.8) is 0 Å². The molecule has 4 heteroatoms. The Balaban J connectivity index is 2.02. The first-order valence-electron chi connectivity index (χ1n) is 5.82. The zero-order valence-electron chi connectivity index (χ0n) is 9.29. The van der Waals surface area contributed by atoms with Crippen LogP contribution in [0.15, 0.2) is 0 Å². The molecule has 0 radical (unpaired) electrons. The minimum atomic E-state index is -0.418. The lowest BCUT2D eigenvalue weighted by Gasteiger charge is -2.30. The van der Waals surface area contributed by atoms with Gasteiger partial charge in [0.05, 0.1) is 0 Å². The number of primary amides is 1. The zero-order valence-corrected chi connectivity index (χ0v) is 10.1. The van der Waals surface area contributed by atoms with Gasteiger partial charge in [0.1, 0.15) is 5.54 Å². The Morgan fingerprint density at radius 2 is 2.13 bits per heavy atom. The number of nitrogens with two attached hydrogens (primary N) is 1. The fourth-order valence-corrected chi connectivity index (χ4v) is 4.01. The molecule has 2 rings (SSSR count). The van der Waals surface area contributed by atoms with Gasteiger partial charge < -0.3 is 5.73 Å². The third kappa shape index (κ3) is 2.31. The van der Waals surface area contributed by atoms with Gasteiger partial charge in [-0.1, -0.05) is 19.8 Å². The summed E-state index contributed by atoms with van der Waals surface area (Å²) in [5, 5.41) is 4.07. The summed E-state index contributed by atoms with van der Waals surface area (Å²) in [6.07, 6.45) is 5.87. The molecule has 0 spiro atoms. The molecule has 1 amide bonds. The second-order valence-corrected chi connectivity index (χ2v) is 6.32. The topological polar surface area (TPSA) is 55.1 Å². The lowest BCUT2D eigenvalue weighted by Crippen LogP contribution is -2.58. The molecule has 1 heterocycles. The third-order valence-electron chi connectivity index (χ3n) is 3.56. The second-order valence-electron chi connectivity index (χ2n) is 4.90. The second kappa shape index (κ2) is 4.34. The molecule has 2 unspecified atom stereocenters. The van der Waals surface area contributed by atoms with E-state index in [-0.39, 0.29) is 5.91 Å². The molecular formula is C11H20N2OS. The van der Waals surface area contributed by atoms with Crippen LogP contribution in [0.2, 0.25) is 0 Å². The van der Waals surface area contributed by atoms with Gasteiger partial charge in [0.2, 0.25) is 5.91 Å². The first-order chi connectivity index (χ1) is 7.12. The average molecular weight is 228 g/mol. The molecule has 1 saturated carbocycles. The molecule has 2 fully saturated rings. The van der Waals surface area contributed by atoms with Gasteiger partial charge in [-0.05, 0) is 19.3 Å². The molecule has 15 heavy (non-hydrogen) atoms. The van der Waals surface area contributed by atoms with Crippen LogP contribution in [0, 0.1) is 0 Å². The Labute approximate surface area is 95.6 Å². The molecule has 1 aliphatic carbocycles. The van der Waals surface area contributed by atoms with Crippen molar-refractivity contribution in [2.45, 2.75) is 55.9 Å². The summed E-state index contributed by atoms with van der Waals surface area (Å²) in [6, 6.07) is 0.517. The van der Waals surface area contributed by atoms with Crippen molar-refractivity contribution >= 4 is 17.7 Å². The van der Waals surface area contributed by atoms with Gasteiger partial charge in [0.15, 0.2) is 0 Å². The van der Waals surface area contributed by atoms with Crippen molar-refractivity contribution < 1.29 is 4.79 Å². The van der Waals surface area contributed by atoms with Gasteiger partial charge in [-0.15, -0.1) is 0 Å². The SMILES string of the molecule is CC1CC(NC2CCCC2)(C(N)=O)CS1. The van der Waals surface area contributed by atoms with E-state index in [0.717, 1.165) is 12.2 Å². The summed E-state index contributed by atoms with van der Waals surface area (Å²) >= 11 is 1.85. The Kier molecular flexibility index (Phi) is 3.26. The quantitative estimate of drug-likeness (QED) is 0.765. The van der Waals surface area contributed by atoms with Crippen LogP contribution in [0.1, 0.15) is 39.0 Å². The maximum absolute atomic E-state index is 11.6. The lowest BCUT2D eigenvalue weighted by molar-refractivity contribution is -0.123. The van der Waals surface area contributed by atoms with E-state index < -0.39 is 5.54 Å². The summed E-state index contributed by atoms with van der Waals surface area (Å²) in [6.45, 7) is 2.17. The fraction of sp³-hybridized carbons (Fsp3) is 0.909. The summed E-state index contributed by atoms with van der Waals surface area (Å²) in [7, 11) is 0. The molecule has 2 aliphatic rings. The monoisotopic (exact) mass is 228 g/mol. The van der Waals surface area contributed by atoms with Crippen molar-refractivity contribution in [1.29, 1.82) is 0 Å². The Hall–Kier alpha value is -0.220. The van der Waals surface area contributed by atoms with E-state index in [1.165, 1.54) is 25.7 Å². The predicted octanol–water partition coefficient (Wildman–Crippen LogP) is 1.27. The van der Waals surface area contributed by atoms with Crippen molar-refractivity contribution in [2.75, 3.05) is 5.75 Å². The van der Waals surface area contributed by atoms with E-state index in [0.29, 0.717) is 11.3 Å². The summed E-state index contributed by atoms with van der Waals surface area (Å²) < 4.78 is 0. The maximum Gasteiger partial charge on any atom is 0.238 e. The standard InChI is InChI=1S/C11H20N2OS/c1-8-6-11(7-15-8,10(12)14)13-9-4-2-3-5-9/h8-9,13H,2-7H2,1H3,(H2,12,14). The number of rotatable bonds is 3. The van der Waals surface area contributed by atoms with Crippen LogP contribution in [-0.2, 0) is 4.79 Å². The summed E-state index contributed by atoms with van der Waals surface area (Å²) in [5.41, 5.74) is 5.14. The van der Waals surface area contributed by atoms with Gasteiger partial charge in [0, 0.05) is 17.0 Å². The lowest BCUT2D eigenvalue weighted by atomic mass is 9.94. The van der Waals surface area contributed by atoms with Gasteiger partial charge >= 0.3 is 0 Å². The van der Waals surface area contributed by atoms with Crippen molar-refractivity contribution in [3.8, 4) is 0 Å². The van der Waals surface area contributed by atoms with Gasteiger partial charge in [-0.2, -0.15) is 11.8 Å². The van der Waals surface area contributed by atoms with Crippen LogP contribution in [-0.4, -0.2) is 28.5 Å². The highest BCUT2D eigenvalue weighted by molar-refractivity contribution is 8.00. The van der Waals surface area contributed by atoms with Crippen LogP contribution in [0.3, 0.4) is 0 Å². The van der Waals surface area contributed by atoms with E-state index in [2.05, 4.69) is 12.2 Å². The first-order valence-corrected chi connectivity index (χ1v) is 6.86. The van der Waals surface area contributed by atoms with Crippen molar-refractivity contribution in [1.82, 2.24) is 5.32 Å². The van der Waals surface area contributed by atoms with Crippen LogP contribution in [0.4, 0.5) is 0 Å². The first kappa shape index (κ1) is 11.3. The molecule has 3 N–H and O–H groups in total. The average Bonchev–Trinajstić information content (AvgIpc) is 2.77. The molecule has 0 aromatic rings. The molecule has 1 aliphatic heterocycles. The van der Waals surface area contributed by atoms with E-state index in [4.69, 9.17) is 5.73 Å². The van der Waals surface area contributed by atoms with Crippen LogP contribution >= 0.6 is 11.8 Å². The fourth-order valence-electron chi connectivity index (χ4n) is 2.70. The summed E-state index contributed by atoms with van der Waals surface area (Å²) in [5.74, 6) is 0.686. The third-order valence-corrected chi connectivity index (χ3v) is 4.95. The van der Waals surface area contributed by atoms with E-state index in [1.807, 2.05) is 11.8 Å². The van der Waals surface area contributed by atoms with Gasteiger partial charge in [-0.3, -0.25) is 10.1 Å². The number of hydrogen-bond acceptors (Lipinski definition) is 3. The van der Waals surface area contributed by atoms with E-state index in [9.17, 15) is 4.79 Å². The predicted molar refractivity (Wildman–Crippen MR) is 63.9 cm³/mol. The molecule has 86 valence electrons. The van der Waals surface area contributed by atoms with Crippen LogP contribution in [0.5, 0.6) is 0 Å². The minimum Gasteiger partial charge on any atom is -0.368 e. The highest BCUT2D eigenvalue weighted by Gasteiger charge is 2.44. The number of carbonyl (C=O) groups excluding carboxylic acids is 1. The highest BCUT2D eigenvalue weighted by Crippen LogP contribution is 2.35. The highest BCUT2D eigenvalue weighted by atomic mass is 32.2. The van der Waals surface area contributed by atoms with E-state index in [1.54, 1.807) is 0 Å². The smallest absolute Gasteiger partial charge is 0.238 e. The number of thioether (sulfide) groups is 1. The maximum atomic E-state index is 11.6. The number of nitrogens with one attached hydrogen (secondary N) is 1. The minimum absolute atomic E-state index is 0.161. The Morgan fingerprint density at radius 3 is 2.60 bits per heavy atom. The molecule has 0 bridgehead atoms. The van der Waals surface area contributed by atoms with Gasteiger partial charge in [0.25, 0.3) is 0 Å². The molecule has 0 aromatic carbocycles. The number of hydrogen-bond donors (Lipinski definition) is 2. The van der Waals surface area contributed by atoms with Crippen LogP contribution in [0.25, 0.3) is 0 Å². The molecule has 1 saturated heterocycles. The Morgan fingerprint density at radius 1 is 1.47 bits per heavy atom. The largest absolute Gasteiger partial charge is 0.368 e. The van der Waals surface area contributed by atoms with Crippen molar-refractivity contribution in [2.24, 2.45) is 5.73 Å². The molecular weight excluding hydrogens is 208 g/mol. The number of amides is 1. The van der Waals surface area contributed by atoms with Crippen molar-refractivity contribution in [3.05, 3.63) is 0 Å². The number of carbonyl (C=O) groups is 1. The molecule has 0 aromatic heterocycles. The van der Waals surface area contributed by atoms with Gasteiger partial charge in [-0.25, -0.2) is 0 Å². The molecule has 3 nitrogen and oxygen atoms in total. The molecule has 2 atom stereocenters. The normalized spacial score (nSPS) is 37.3. The van der Waals surface area contributed by atoms with E-state index >= 15 is 0 Å². The zero-order chi connectivity index (χ0) is 10.9. The van der Waals surface area contributed by atoms with Crippen LogP contribution < -0.4 is 11.1 Å².